The highest BCUT2D eigenvalue weighted by molar-refractivity contribution is 8.16. The van der Waals surface area contributed by atoms with Crippen molar-refractivity contribution in [1.82, 2.24) is 5.32 Å². The molecule has 0 aromatic rings. The van der Waals surface area contributed by atoms with Crippen LogP contribution in [-0.2, 0) is 4.79 Å². The first-order valence-corrected chi connectivity index (χ1v) is 8.45. The topological polar surface area (TPSA) is 41.5 Å². The van der Waals surface area contributed by atoms with E-state index in [1.54, 1.807) is 11.8 Å². The molecule has 1 aliphatic heterocycles. The first kappa shape index (κ1) is 13.5. The summed E-state index contributed by atoms with van der Waals surface area (Å²) in [5.41, 5.74) is 0. The van der Waals surface area contributed by atoms with E-state index in [9.17, 15) is 4.79 Å². The molecule has 2 fully saturated rings. The molecule has 0 radical (unpaired) electrons. The second-order valence-electron chi connectivity index (χ2n) is 6.65. The molecular weight excluding hydrogens is 256 g/mol. The Morgan fingerprint density at radius 1 is 1.42 bits per heavy atom. The Morgan fingerprint density at radius 2 is 2.21 bits per heavy atom. The fourth-order valence-corrected chi connectivity index (χ4v) is 5.26. The van der Waals surface area contributed by atoms with Crippen LogP contribution in [0.1, 0.15) is 52.9 Å². The molecule has 0 spiro atoms. The number of carbonyl (C=O) groups excluding carboxylic acids is 1. The zero-order valence-corrected chi connectivity index (χ0v) is 12.9. The lowest BCUT2D eigenvalue weighted by Gasteiger charge is -2.29. The van der Waals surface area contributed by atoms with Crippen molar-refractivity contribution in [3.8, 4) is 0 Å². The van der Waals surface area contributed by atoms with Crippen LogP contribution in [0, 0.1) is 17.8 Å². The van der Waals surface area contributed by atoms with Crippen molar-refractivity contribution in [1.29, 1.82) is 0 Å². The molecule has 106 valence electrons. The van der Waals surface area contributed by atoms with E-state index in [0.29, 0.717) is 12.0 Å². The van der Waals surface area contributed by atoms with Crippen LogP contribution in [0.3, 0.4) is 0 Å². The van der Waals surface area contributed by atoms with E-state index in [-0.39, 0.29) is 10.7 Å². The zero-order valence-electron chi connectivity index (χ0n) is 12.1. The maximum atomic E-state index is 12.3. The van der Waals surface area contributed by atoms with Crippen LogP contribution in [0.25, 0.3) is 0 Å². The first-order valence-electron chi connectivity index (χ1n) is 7.64. The van der Waals surface area contributed by atoms with Gasteiger partial charge in [-0.1, -0.05) is 39.0 Å². The average molecular weight is 280 g/mol. The van der Waals surface area contributed by atoms with E-state index in [0.717, 1.165) is 23.4 Å². The van der Waals surface area contributed by atoms with Gasteiger partial charge in [0.1, 0.15) is 4.75 Å². The van der Waals surface area contributed by atoms with Crippen LogP contribution in [0.4, 0.5) is 0 Å². The fraction of sp³-hybridized carbons (Fsp3) is 0.867. The maximum Gasteiger partial charge on any atom is 0.265 e. The van der Waals surface area contributed by atoms with Crippen LogP contribution in [0.5, 0.6) is 0 Å². The monoisotopic (exact) mass is 280 g/mol. The summed E-state index contributed by atoms with van der Waals surface area (Å²) in [6.07, 6.45) is 6.29. The van der Waals surface area contributed by atoms with Crippen molar-refractivity contribution < 1.29 is 4.79 Å². The Labute approximate surface area is 120 Å². The number of rotatable bonds is 3. The van der Waals surface area contributed by atoms with Gasteiger partial charge >= 0.3 is 0 Å². The second kappa shape index (κ2) is 4.80. The summed E-state index contributed by atoms with van der Waals surface area (Å²) in [7, 11) is 0. The minimum absolute atomic E-state index is 0.0701. The molecule has 1 heterocycles. The summed E-state index contributed by atoms with van der Waals surface area (Å²) in [6.45, 7) is 6.36. The van der Waals surface area contributed by atoms with Crippen LogP contribution in [0.2, 0.25) is 0 Å². The van der Waals surface area contributed by atoms with Gasteiger partial charge in [-0.15, -0.1) is 0 Å². The summed E-state index contributed by atoms with van der Waals surface area (Å²) in [4.78, 5) is 16.6. The van der Waals surface area contributed by atoms with Gasteiger partial charge in [-0.2, -0.15) is 4.99 Å². The fourth-order valence-electron chi connectivity index (χ4n) is 4.06. The van der Waals surface area contributed by atoms with Crippen molar-refractivity contribution in [2.45, 2.75) is 63.7 Å². The number of nitrogens with zero attached hydrogens (tertiary/aromatic N) is 1. The predicted molar refractivity (Wildman–Crippen MR) is 80.3 cm³/mol. The third-order valence-electron chi connectivity index (χ3n) is 5.35. The molecule has 19 heavy (non-hydrogen) atoms. The van der Waals surface area contributed by atoms with E-state index in [1.807, 2.05) is 0 Å². The molecule has 3 rings (SSSR count). The Morgan fingerprint density at radius 3 is 2.68 bits per heavy atom. The van der Waals surface area contributed by atoms with Crippen LogP contribution in [0.15, 0.2) is 4.99 Å². The van der Waals surface area contributed by atoms with Crippen LogP contribution in [-0.4, -0.2) is 21.9 Å². The molecule has 1 N–H and O–H groups in total. The highest BCUT2D eigenvalue weighted by Gasteiger charge is 2.48. The predicted octanol–water partition coefficient (Wildman–Crippen LogP) is 3.20. The van der Waals surface area contributed by atoms with Gasteiger partial charge in [0.25, 0.3) is 5.91 Å². The Balaban J connectivity index is 1.67. The average Bonchev–Trinajstić information content (AvgIpc) is 3.03. The lowest BCUT2D eigenvalue weighted by molar-refractivity contribution is -0.120. The lowest BCUT2D eigenvalue weighted by Crippen LogP contribution is -2.39. The van der Waals surface area contributed by atoms with Gasteiger partial charge in [0.2, 0.25) is 0 Å². The van der Waals surface area contributed by atoms with Crippen molar-refractivity contribution >= 4 is 22.8 Å². The van der Waals surface area contributed by atoms with E-state index in [2.05, 4.69) is 31.1 Å². The van der Waals surface area contributed by atoms with E-state index < -0.39 is 0 Å². The minimum atomic E-state index is -0.319. The third-order valence-corrected chi connectivity index (χ3v) is 7.05. The number of thioether (sulfide) groups is 1. The number of amides is 1. The highest BCUT2D eigenvalue weighted by atomic mass is 32.2. The molecule has 0 saturated heterocycles. The van der Waals surface area contributed by atoms with Gasteiger partial charge < -0.3 is 5.32 Å². The molecule has 4 heteroatoms. The van der Waals surface area contributed by atoms with Crippen molar-refractivity contribution in [2.75, 3.05) is 0 Å². The normalized spacial score (nSPS) is 41.2. The number of fused-ring (bicyclic) bond motifs is 2. The van der Waals surface area contributed by atoms with Crippen LogP contribution >= 0.6 is 11.8 Å². The number of nitrogens with one attached hydrogen (secondary N) is 1. The molecule has 0 aromatic carbocycles. The Hall–Kier alpha value is -0.510. The molecule has 2 saturated carbocycles. The number of amidine groups is 1. The quantitative estimate of drug-likeness (QED) is 0.863. The van der Waals surface area contributed by atoms with E-state index in [4.69, 9.17) is 0 Å². The summed E-state index contributed by atoms with van der Waals surface area (Å²) in [5.74, 6) is 2.14. The van der Waals surface area contributed by atoms with Gasteiger partial charge in [-0.3, -0.25) is 4.79 Å². The molecule has 2 aliphatic carbocycles. The molecule has 3 nitrogen and oxygen atoms in total. The summed E-state index contributed by atoms with van der Waals surface area (Å²) in [5, 5.41) is 4.46. The summed E-state index contributed by atoms with van der Waals surface area (Å²) in [6, 6.07) is 0.567. The third kappa shape index (κ3) is 2.12. The molecule has 1 amide bonds. The summed E-state index contributed by atoms with van der Waals surface area (Å²) < 4.78 is -0.319. The van der Waals surface area contributed by atoms with E-state index in [1.165, 1.54) is 25.7 Å². The van der Waals surface area contributed by atoms with Crippen LogP contribution < -0.4 is 5.32 Å². The van der Waals surface area contributed by atoms with Gasteiger partial charge in [0.05, 0.1) is 0 Å². The molecule has 4 atom stereocenters. The molecule has 3 aliphatic rings. The van der Waals surface area contributed by atoms with E-state index >= 15 is 0 Å². The zero-order chi connectivity index (χ0) is 13.6. The number of hydrogen-bond acceptors (Lipinski definition) is 3. The second-order valence-corrected chi connectivity index (χ2v) is 7.97. The van der Waals surface area contributed by atoms with Gasteiger partial charge in [-0.25, -0.2) is 0 Å². The largest absolute Gasteiger partial charge is 0.361 e. The minimum Gasteiger partial charge on any atom is -0.361 e. The van der Waals surface area contributed by atoms with Gasteiger partial charge in [0, 0.05) is 6.04 Å². The van der Waals surface area contributed by atoms with Crippen molar-refractivity contribution in [3.05, 3.63) is 0 Å². The SMILES string of the molecule is CC[C@@]1(C(C)C)SC(N[C@H]2C[C@@H]3CC[C@H]2C3)=NC1=O. The van der Waals surface area contributed by atoms with Gasteiger partial charge in [-0.05, 0) is 43.4 Å². The van der Waals surface area contributed by atoms with Crippen molar-refractivity contribution in [2.24, 2.45) is 22.7 Å². The first-order chi connectivity index (χ1) is 9.05. The Bertz CT molecular complexity index is 420. The number of carbonyl (C=O) groups is 1. The van der Waals surface area contributed by atoms with Crippen molar-refractivity contribution in [3.63, 3.8) is 0 Å². The highest BCUT2D eigenvalue weighted by Crippen LogP contribution is 2.46. The maximum absolute atomic E-state index is 12.3. The number of hydrogen-bond donors (Lipinski definition) is 1. The molecule has 2 bridgehead atoms. The smallest absolute Gasteiger partial charge is 0.265 e. The Kier molecular flexibility index (Phi) is 3.40. The molecule has 0 aromatic heterocycles. The molecular formula is C15H24N2OS. The van der Waals surface area contributed by atoms with Gasteiger partial charge in [0.15, 0.2) is 5.17 Å². The molecule has 0 unspecified atom stereocenters. The lowest BCUT2D eigenvalue weighted by atomic mass is 9.91. The summed E-state index contributed by atoms with van der Waals surface area (Å²) >= 11 is 1.68. The standard InChI is InChI=1S/C15H24N2OS/c1-4-15(9(2)3)13(18)17-14(19-15)16-12-8-10-5-6-11(12)7-10/h9-12H,4-8H2,1-3H3,(H,16,17,18)/t10-,11+,12+,15+/m1/s1. The number of aliphatic imine (C=N–C) groups is 1.